The Hall–Kier alpha value is -0.340. The molecule has 11 heavy (non-hydrogen) atoms. The van der Waals surface area contributed by atoms with Gasteiger partial charge >= 0.3 is 0 Å². The number of hydrogen-bond donors (Lipinski definition) is 1. The van der Waals surface area contributed by atoms with Crippen LogP contribution in [0.1, 0.15) is 5.56 Å². The number of hydrogen-bond acceptors (Lipinski definition) is 2. The van der Waals surface area contributed by atoms with Crippen LogP contribution in [0, 0.1) is 6.92 Å². The minimum absolute atomic E-state index is 0.688. The summed E-state index contributed by atoms with van der Waals surface area (Å²) in [6.45, 7) is 1.93. The second-order valence-electron chi connectivity index (χ2n) is 2.28. The van der Waals surface area contributed by atoms with E-state index in [-0.39, 0.29) is 0 Å². The van der Waals surface area contributed by atoms with Gasteiger partial charge < -0.3 is 4.74 Å². The van der Waals surface area contributed by atoms with Crippen molar-refractivity contribution in [2.75, 3.05) is 7.11 Å². The summed E-state index contributed by atoms with van der Waals surface area (Å²) in [6, 6.07) is 3.61. The number of aryl methyl sites for hydroxylation is 1. The van der Waals surface area contributed by atoms with E-state index in [1.165, 1.54) is 0 Å². The minimum Gasteiger partial charge on any atom is -0.495 e. The summed E-state index contributed by atoms with van der Waals surface area (Å²) in [4.78, 5) is 0.775. The van der Waals surface area contributed by atoms with E-state index in [1.54, 1.807) is 13.2 Å². The van der Waals surface area contributed by atoms with Crippen molar-refractivity contribution < 1.29 is 4.74 Å². The summed E-state index contributed by atoms with van der Waals surface area (Å²) in [6.07, 6.45) is 0. The summed E-state index contributed by atoms with van der Waals surface area (Å²) < 4.78 is 5.10. The Morgan fingerprint density at radius 2 is 2.09 bits per heavy atom. The summed E-state index contributed by atoms with van der Waals surface area (Å²) >= 11 is 9.98. The first-order chi connectivity index (χ1) is 5.15. The molecule has 0 fully saturated rings. The highest BCUT2D eigenvalue weighted by atomic mass is 35.5. The molecule has 3 heteroatoms. The van der Waals surface area contributed by atoms with Crippen LogP contribution in [0.4, 0.5) is 0 Å². The Labute approximate surface area is 76.7 Å². The van der Waals surface area contributed by atoms with Crippen molar-refractivity contribution in [3.63, 3.8) is 0 Å². The van der Waals surface area contributed by atoms with E-state index in [4.69, 9.17) is 16.3 Å². The van der Waals surface area contributed by atoms with Crippen molar-refractivity contribution in [2.45, 2.75) is 11.8 Å². The molecule has 1 rings (SSSR count). The van der Waals surface area contributed by atoms with Crippen molar-refractivity contribution in [2.24, 2.45) is 0 Å². The number of benzene rings is 1. The number of methoxy groups -OCH3 is 1. The van der Waals surface area contributed by atoms with Gasteiger partial charge in [-0.15, -0.1) is 12.6 Å². The van der Waals surface area contributed by atoms with Crippen LogP contribution < -0.4 is 4.74 Å². The molecule has 0 bridgehead atoms. The monoisotopic (exact) mass is 188 g/mol. The summed E-state index contributed by atoms with van der Waals surface area (Å²) in [5.41, 5.74) is 1.00. The second-order valence-corrected chi connectivity index (χ2v) is 3.19. The zero-order chi connectivity index (χ0) is 8.43. The molecule has 0 heterocycles. The predicted octanol–water partition coefficient (Wildman–Crippen LogP) is 2.95. The Morgan fingerprint density at radius 1 is 1.45 bits per heavy atom. The van der Waals surface area contributed by atoms with Crippen LogP contribution in [0.5, 0.6) is 5.75 Å². The largest absolute Gasteiger partial charge is 0.495 e. The third-order valence-electron chi connectivity index (χ3n) is 1.42. The lowest BCUT2D eigenvalue weighted by Crippen LogP contribution is -1.88. The summed E-state index contributed by atoms with van der Waals surface area (Å²) in [5.74, 6) is 0.790. The highest BCUT2D eigenvalue weighted by molar-refractivity contribution is 7.80. The van der Waals surface area contributed by atoms with Gasteiger partial charge in [0, 0.05) is 9.92 Å². The highest BCUT2D eigenvalue weighted by Crippen LogP contribution is 2.29. The first kappa shape index (κ1) is 8.75. The maximum Gasteiger partial charge on any atom is 0.135 e. The Morgan fingerprint density at radius 3 is 2.55 bits per heavy atom. The molecule has 0 unspecified atom stereocenters. The van der Waals surface area contributed by atoms with Crippen molar-refractivity contribution >= 4 is 24.2 Å². The predicted molar refractivity (Wildman–Crippen MR) is 50.0 cm³/mol. The molecule has 1 aromatic carbocycles. The lowest BCUT2D eigenvalue weighted by atomic mass is 10.2. The van der Waals surface area contributed by atoms with Crippen LogP contribution in [0.25, 0.3) is 0 Å². The lowest BCUT2D eigenvalue weighted by Gasteiger charge is -2.07. The average molecular weight is 189 g/mol. The zero-order valence-electron chi connectivity index (χ0n) is 6.39. The Kier molecular flexibility index (Phi) is 2.68. The lowest BCUT2D eigenvalue weighted by molar-refractivity contribution is 0.402. The number of thiol groups is 1. The number of halogens is 1. The smallest absolute Gasteiger partial charge is 0.135 e. The van der Waals surface area contributed by atoms with E-state index in [0.717, 1.165) is 16.2 Å². The molecule has 0 spiro atoms. The number of ether oxygens (including phenoxy) is 1. The van der Waals surface area contributed by atoms with E-state index >= 15 is 0 Å². The van der Waals surface area contributed by atoms with E-state index in [9.17, 15) is 0 Å². The van der Waals surface area contributed by atoms with Gasteiger partial charge in [0.25, 0.3) is 0 Å². The average Bonchev–Trinajstić information content (AvgIpc) is 1.85. The van der Waals surface area contributed by atoms with Crippen LogP contribution in [-0.2, 0) is 0 Å². The molecular formula is C8H9ClOS. The molecule has 0 aromatic heterocycles. The van der Waals surface area contributed by atoms with Crippen LogP contribution in [-0.4, -0.2) is 7.11 Å². The van der Waals surface area contributed by atoms with Crippen LogP contribution in [0.15, 0.2) is 17.0 Å². The molecule has 0 saturated carbocycles. The standard InChI is InChI=1S/C8H9ClOS/c1-5-3-6(9)4-7(11)8(5)10-2/h3-4,11H,1-2H3. The van der Waals surface area contributed by atoms with Gasteiger partial charge in [-0.2, -0.15) is 0 Å². The van der Waals surface area contributed by atoms with Gasteiger partial charge in [0.15, 0.2) is 0 Å². The van der Waals surface area contributed by atoms with Crippen molar-refractivity contribution in [1.82, 2.24) is 0 Å². The zero-order valence-corrected chi connectivity index (χ0v) is 8.04. The summed E-state index contributed by atoms with van der Waals surface area (Å²) in [5, 5.41) is 0.688. The third-order valence-corrected chi connectivity index (χ3v) is 1.97. The highest BCUT2D eigenvalue weighted by Gasteiger charge is 2.03. The molecular weight excluding hydrogens is 180 g/mol. The number of rotatable bonds is 1. The first-order valence-electron chi connectivity index (χ1n) is 3.18. The van der Waals surface area contributed by atoms with Gasteiger partial charge in [-0.1, -0.05) is 11.6 Å². The molecule has 60 valence electrons. The minimum atomic E-state index is 0.688. The molecule has 0 saturated heterocycles. The molecule has 0 atom stereocenters. The SMILES string of the molecule is COc1c(C)cc(Cl)cc1S. The van der Waals surface area contributed by atoms with E-state index in [2.05, 4.69) is 12.6 Å². The van der Waals surface area contributed by atoms with E-state index < -0.39 is 0 Å². The topological polar surface area (TPSA) is 9.23 Å². The summed E-state index contributed by atoms with van der Waals surface area (Å²) in [7, 11) is 1.62. The second kappa shape index (κ2) is 3.37. The molecule has 0 aliphatic rings. The molecule has 0 aliphatic carbocycles. The van der Waals surface area contributed by atoms with Crippen LogP contribution >= 0.6 is 24.2 Å². The quantitative estimate of drug-likeness (QED) is 0.667. The fraction of sp³-hybridized carbons (Fsp3) is 0.250. The normalized spacial score (nSPS) is 9.82. The van der Waals surface area contributed by atoms with Gasteiger partial charge in [-0.25, -0.2) is 0 Å². The van der Waals surface area contributed by atoms with Gasteiger partial charge in [-0.3, -0.25) is 0 Å². The van der Waals surface area contributed by atoms with Gasteiger partial charge in [0.2, 0.25) is 0 Å². The van der Waals surface area contributed by atoms with Gasteiger partial charge in [-0.05, 0) is 24.6 Å². The molecule has 1 nitrogen and oxygen atoms in total. The van der Waals surface area contributed by atoms with E-state index in [1.807, 2.05) is 13.0 Å². The van der Waals surface area contributed by atoms with Crippen LogP contribution in [0.3, 0.4) is 0 Å². The molecule has 0 N–H and O–H groups in total. The van der Waals surface area contributed by atoms with Gasteiger partial charge in [0.1, 0.15) is 5.75 Å². The Bertz CT molecular complexity index is 250. The fourth-order valence-electron chi connectivity index (χ4n) is 0.978. The maximum absolute atomic E-state index is 5.77. The van der Waals surface area contributed by atoms with Crippen LogP contribution in [0.2, 0.25) is 5.02 Å². The third kappa shape index (κ3) is 1.82. The van der Waals surface area contributed by atoms with Crippen molar-refractivity contribution in [3.8, 4) is 5.75 Å². The Balaban J connectivity index is 3.25. The molecule has 0 radical (unpaired) electrons. The molecule has 0 amide bonds. The maximum atomic E-state index is 5.77. The van der Waals surface area contributed by atoms with Crippen molar-refractivity contribution in [1.29, 1.82) is 0 Å². The molecule has 1 aromatic rings. The fourth-order valence-corrected chi connectivity index (χ4v) is 1.73. The van der Waals surface area contributed by atoms with Gasteiger partial charge in [0.05, 0.1) is 7.11 Å². The molecule has 0 aliphatic heterocycles. The van der Waals surface area contributed by atoms with Crippen molar-refractivity contribution in [3.05, 3.63) is 22.7 Å². The first-order valence-corrected chi connectivity index (χ1v) is 4.00. The van der Waals surface area contributed by atoms with E-state index in [0.29, 0.717) is 5.02 Å².